The van der Waals surface area contributed by atoms with Crippen molar-refractivity contribution in [3.8, 4) is 6.07 Å². The summed E-state index contributed by atoms with van der Waals surface area (Å²) < 4.78 is 0. The highest BCUT2D eigenvalue weighted by molar-refractivity contribution is 5.99. The fourth-order valence-corrected chi connectivity index (χ4v) is 2.09. The lowest BCUT2D eigenvalue weighted by Gasteiger charge is -2.24. The van der Waals surface area contributed by atoms with Crippen LogP contribution in [0.3, 0.4) is 0 Å². The highest BCUT2D eigenvalue weighted by Crippen LogP contribution is 2.18. The Kier molecular flexibility index (Phi) is 6.58. The SMILES string of the molecule is CCNc1ccccc1C(=O)N(CCC#N)CC(C)C. The van der Waals surface area contributed by atoms with E-state index in [0.29, 0.717) is 31.0 Å². The molecule has 0 aromatic heterocycles. The topological polar surface area (TPSA) is 56.1 Å². The van der Waals surface area contributed by atoms with E-state index in [1.165, 1.54) is 0 Å². The van der Waals surface area contributed by atoms with Crippen molar-refractivity contribution in [3.63, 3.8) is 0 Å². The predicted molar refractivity (Wildman–Crippen MR) is 81.6 cm³/mol. The van der Waals surface area contributed by atoms with Crippen molar-refractivity contribution >= 4 is 11.6 Å². The Morgan fingerprint density at radius 1 is 1.40 bits per heavy atom. The van der Waals surface area contributed by atoms with Gasteiger partial charge in [0.15, 0.2) is 0 Å². The third-order valence-corrected chi connectivity index (χ3v) is 2.89. The van der Waals surface area contributed by atoms with Crippen molar-refractivity contribution < 1.29 is 4.79 Å². The molecule has 1 aromatic rings. The highest BCUT2D eigenvalue weighted by atomic mass is 16.2. The first-order chi connectivity index (χ1) is 9.60. The van der Waals surface area contributed by atoms with E-state index in [-0.39, 0.29) is 5.91 Å². The standard InChI is InChI=1S/C16H23N3O/c1-4-18-15-9-6-5-8-14(15)16(20)19(11-7-10-17)12-13(2)3/h5-6,8-9,13,18H,4,7,11-12H2,1-3H3. The van der Waals surface area contributed by atoms with E-state index in [1.54, 1.807) is 4.90 Å². The van der Waals surface area contributed by atoms with E-state index in [9.17, 15) is 4.79 Å². The van der Waals surface area contributed by atoms with Gasteiger partial charge in [0.25, 0.3) is 5.91 Å². The molecule has 0 atom stereocenters. The summed E-state index contributed by atoms with van der Waals surface area (Å²) >= 11 is 0. The van der Waals surface area contributed by atoms with Gasteiger partial charge in [-0.3, -0.25) is 4.79 Å². The number of nitrogens with one attached hydrogen (secondary N) is 1. The molecule has 1 amide bonds. The monoisotopic (exact) mass is 273 g/mol. The van der Waals surface area contributed by atoms with Crippen LogP contribution in [0.15, 0.2) is 24.3 Å². The van der Waals surface area contributed by atoms with Crippen LogP contribution in [-0.2, 0) is 0 Å². The number of benzene rings is 1. The maximum Gasteiger partial charge on any atom is 0.255 e. The van der Waals surface area contributed by atoms with Gasteiger partial charge in [0.1, 0.15) is 0 Å². The molecule has 0 aliphatic heterocycles. The van der Waals surface area contributed by atoms with Crippen LogP contribution in [0.25, 0.3) is 0 Å². The Balaban J connectivity index is 2.96. The third kappa shape index (κ3) is 4.58. The lowest BCUT2D eigenvalue weighted by atomic mass is 10.1. The molecular weight excluding hydrogens is 250 g/mol. The average Bonchev–Trinajstić information content (AvgIpc) is 2.43. The molecule has 0 saturated carbocycles. The Bertz CT molecular complexity index is 477. The summed E-state index contributed by atoms with van der Waals surface area (Å²) in [4.78, 5) is 14.4. The summed E-state index contributed by atoms with van der Waals surface area (Å²) in [6.45, 7) is 8.07. The number of amides is 1. The molecular formula is C16H23N3O. The third-order valence-electron chi connectivity index (χ3n) is 2.89. The maximum absolute atomic E-state index is 12.7. The smallest absolute Gasteiger partial charge is 0.255 e. The molecule has 4 nitrogen and oxygen atoms in total. The summed E-state index contributed by atoms with van der Waals surface area (Å²) in [5.41, 5.74) is 1.53. The van der Waals surface area contributed by atoms with Gasteiger partial charge in [-0.15, -0.1) is 0 Å². The van der Waals surface area contributed by atoms with Crippen LogP contribution < -0.4 is 5.32 Å². The minimum Gasteiger partial charge on any atom is -0.385 e. The number of nitriles is 1. The van der Waals surface area contributed by atoms with Gasteiger partial charge in [-0.1, -0.05) is 26.0 Å². The van der Waals surface area contributed by atoms with Gasteiger partial charge in [-0.2, -0.15) is 5.26 Å². The lowest BCUT2D eigenvalue weighted by Crippen LogP contribution is -2.35. The van der Waals surface area contributed by atoms with E-state index in [2.05, 4.69) is 25.2 Å². The van der Waals surface area contributed by atoms with E-state index in [4.69, 9.17) is 5.26 Å². The van der Waals surface area contributed by atoms with Crippen molar-refractivity contribution in [3.05, 3.63) is 29.8 Å². The zero-order chi connectivity index (χ0) is 15.0. The first kappa shape index (κ1) is 16.0. The second-order valence-electron chi connectivity index (χ2n) is 5.13. The van der Waals surface area contributed by atoms with E-state index >= 15 is 0 Å². The second kappa shape index (κ2) is 8.21. The van der Waals surface area contributed by atoms with E-state index in [0.717, 1.165) is 12.2 Å². The van der Waals surface area contributed by atoms with E-state index in [1.807, 2.05) is 31.2 Å². The molecule has 0 fully saturated rings. The van der Waals surface area contributed by atoms with Crippen LogP contribution in [0.1, 0.15) is 37.6 Å². The van der Waals surface area contributed by atoms with Crippen LogP contribution in [0, 0.1) is 17.2 Å². The summed E-state index contributed by atoms with van der Waals surface area (Å²) in [7, 11) is 0. The lowest BCUT2D eigenvalue weighted by molar-refractivity contribution is 0.0741. The van der Waals surface area contributed by atoms with Crippen LogP contribution in [0.2, 0.25) is 0 Å². The van der Waals surface area contributed by atoms with Gasteiger partial charge < -0.3 is 10.2 Å². The quantitative estimate of drug-likeness (QED) is 0.830. The number of hydrogen-bond acceptors (Lipinski definition) is 3. The Hall–Kier alpha value is -2.02. The molecule has 0 aliphatic rings. The second-order valence-corrected chi connectivity index (χ2v) is 5.13. The van der Waals surface area contributed by atoms with Gasteiger partial charge in [0.2, 0.25) is 0 Å². The van der Waals surface area contributed by atoms with Gasteiger partial charge in [-0.25, -0.2) is 0 Å². The van der Waals surface area contributed by atoms with E-state index < -0.39 is 0 Å². The maximum atomic E-state index is 12.7. The summed E-state index contributed by atoms with van der Waals surface area (Å²) in [5, 5.41) is 11.9. The molecule has 0 aliphatic carbocycles. The Morgan fingerprint density at radius 2 is 2.10 bits per heavy atom. The van der Waals surface area contributed by atoms with Crippen LogP contribution in [0.4, 0.5) is 5.69 Å². The summed E-state index contributed by atoms with van der Waals surface area (Å²) in [6.07, 6.45) is 0.363. The summed E-state index contributed by atoms with van der Waals surface area (Å²) in [5.74, 6) is 0.370. The summed E-state index contributed by atoms with van der Waals surface area (Å²) in [6, 6.07) is 9.63. The van der Waals surface area contributed by atoms with Crippen molar-refractivity contribution in [2.45, 2.75) is 27.2 Å². The highest BCUT2D eigenvalue weighted by Gasteiger charge is 2.19. The van der Waals surface area contributed by atoms with Crippen molar-refractivity contribution in [1.29, 1.82) is 5.26 Å². The molecule has 0 bridgehead atoms. The van der Waals surface area contributed by atoms with Gasteiger partial charge in [-0.05, 0) is 25.0 Å². The fraction of sp³-hybridized carbons (Fsp3) is 0.500. The zero-order valence-electron chi connectivity index (χ0n) is 12.5. The van der Waals surface area contributed by atoms with Crippen molar-refractivity contribution in [2.24, 2.45) is 5.92 Å². The van der Waals surface area contributed by atoms with Crippen LogP contribution in [0.5, 0.6) is 0 Å². The molecule has 0 radical (unpaired) electrons. The van der Waals surface area contributed by atoms with Gasteiger partial charge >= 0.3 is 0 Å². The largest absolute Gasteiger partial charge is 0.385 e. The molecule has 1 rings (SSSR count). The van der Waals surface area contributed by atoms with Crippen molar-refractivity contribution in [2.75, 3.05) is 25.0 Å². The molecule has 1 N–H and O–H groups in total. The minimum absolute atomic E-state index is 0.00880. The van der Waals surface area contributed by atoms with Gasteiger partial charge in [0.05, 0.1) is 18.1 Å². The first-order valence-electron chi connectivity index (χ1n) is 7.09. The number of nitrogens with zero attached hydrogens (tertiary/aromatic N) is 2. The predicted octanol–water partition coefficient (Wildman–Crippen LogP) is 3.13. The minimum atomic E-state index is -0.00880. The number of carbonyl (C=O) groups is 1. The molecule has 0 saturated heterocycles. The van der Waals surface area contributed by atoms with Gasteiger partial charge in [0, 0.05) is 25.3 Å². The average molecular weight is 273 g/mol. The molecule has 0 heterocycles. The Morgan fingerprint density at radius 3 is 2.70 bits per heavy atom. The van der Waals surface area contributed by atoms with Crippen LogP contribution in [-0.4, -0.2) is 30.4 Å². The number of hydrogen-bond donors (Lipinski definition) is 1. The molecule has 1 aromatic carbocycles. The van der Waals surface area contributed by atoms with Crippen molar-refractivity contribution in [1.82, 2.24) is 4.90 Å². The molecule has 4 heteroatoms. The normalized spacial score (nSPS) is 10.2. The number of carbonyl (C=O) groups excluding carboxylic acids is 1. The first-order valence-corrected chi connectivity index (χ1v) is 7.09. The number of rotatable bonds is 7. The number of anilines is 1. The Labute approximate surface area is 121 Å². The molecule has 0 spiro atoms. The molecule has 20 heavy (non-hydrogen) atoms. The zero-order valence-corrected chi connectivity index (χ0v) is 12.5. The van der Waals surface area contributed by atoms with Crippen LogP contribution >= 0.6 is 0 Å². The molecule has 0 unspecified atom stereocenters. The fourth-order valence-electron chi connectivity index (χ4n) is 2.09. The molecule has 108 valence electrons. The number of para-hydroxylation sites is 1.